The van der Waals surface area contributed by atoms with Gasteiger partial charge in [-0.25, -0.2) is 0 Å². The third-order valence-electron chi connectivity index (χ3n) is 4.41. The van der Waals surface area contributed by atoms with Gasteiger partial charge in [0.2, 0.25) is 11.8 Å². The molecule has 1 aliphatic rings. The fourth-order valence-corrected chi connectivity index (χ4v) is 3.00. The fourth-order valence-electron chi connectivity index (χ4n) is 3.00. The van der Waals surface area contributed by atoms with E-state index in [0.29, 0.717) is 25.8 Å². The van der Waals surface area contributed by atoms with Crippen LogP contribution in [0, 0.1) is 0 Å². The molecule has 5 heteroatoms. The first-order valence-corrected chi connectivity index (χ1v) is 8.34. The normalized spacial score (nSPS) is 18.6. The molecule has 1 saturated heterocycles. The van der Waals surface area contributed by atoms with E-state index in [9.17, 15) is 14.7 Å². The number of nitrogens with zero attached hydrogens (tertiary/aromatic N) is 1. The van der Waals surface area contributed by atoms with Gasteiger partial charge >= 0.3 is 0 Å². The monoisotopic (exact) mass is 318 g/mol. The molecule has 0 radical (unpaired) electrons. The zero-order chi connectivity index (χ0) is 16.8. The highest BCUT2D eigenvalue weighted by atomic mass is 16.3. The van der Waals surface area contributed by atoms with Crippen molar-refractivity contribution in [3.8, 4) is 0 Å². The van der Waals surface area contributed by atoms with E-state index in [4.69, 9.17) is 0 Å². The van der Waals surface area contributed by atoms with Crippen molar-refractivity contribution in [2.75, 3.05) is 6.54 Å². The van der Waals surface area contributed by atoms with E-state index in [-0.39, 0.29) is 17.9 Å². The van der Waals surface area contributed by atoms with Crippen molar-refractivity contribution in [3.05, 3.63) is 35.9 Å². The minimum absolute atomic E-state index is 0.0458. The van der Waals surface area contributed by atoms with Gasteiger partial charge in [0.25, 0.3) is 0 Å². The average Bonchev–Trinajstić information content (AvgIpc) is 2.95. The molecule has 3 unspecified atom stereocenters. The Morgan fingerprint density at radius 3 is 2.61 bits per heavy atom. The second-order valence-electron chi connectivity index (χ2n) is 6.17. The predicted molar refractivity (Wildman–Crippen MR) is 88.8 cm³/mol. The molecule has 5 nitrogen and oxygen atoms in total. The van der Waals surface area contributed by atoms with E-state index >= 15 is 0 Å². The predicted octanol–water partition coefficient (Wildman–Crippen LogP) is 1.50. The number of carbonyl (C=O) groups excluding carboxylic acids is 2. The lowest BCUT2D eigenvalue weighted by Crippen LogP contribution is -2.52. The number of nitrogens with one attached hydrogen (secondary N) is 1. The largest absolute Gasteiger partial charge is 0.391 e. The molecular weight excluding hydrogens is 292 g/mol. The molecule has 3 atom stereocenters. The second kappa shape index (κ2) is 8.11. The molecule has 1 fully saturated rings. The van der Waals surface area contributed by atoms with E-state index in [1.54, 1.807) is 11.8 Å². The van der Waals surface area contributed by atoms with Crippen LogP contribution in [0.2, 0.25) is 0 Å². The molecule has 1 aromatic rings. The van der Waals surface area contributed by atoms with Crippen LogP contribution in [0.15, 0.2) is 30.3 Å². The van der Waals surface area contributed by atoms with Gasteiger partial charge in [-0.15, -0.1) is 0 Å². The smallest absolute Gasteiger partial charge is 0.243 e. The van der Waals surface area contributed by atoms with Gasteiger partial charge in [-0.05, 0) is 25.3 Å². The van der Waals surface area contributed by atoms with Crippen LogP contribution in [-0.4, -0.2) is 46.6 Å². The first kappa shape index (κ1) is 17.5. The Morgan fingerprint density at radius 1 is 1.35 bits per heavy atom. The van der Waals surface area contributed by atoms with E-state index in [1.165, 1.54) is 0 Å². The number of aliphatic hydroxyl groups excluding tert-OH is 1. The molecule has 23 heavy (non-hydrogen) atoms. The van der Waals surface area contributed by atoms with Gasteiger partial charge in [0, 0.05) is 19.4 Å². The lowest BCUT2D eigenvalue weighted by atomic mass is 10.0. The number of likely N-dealkylation sites (tertiary alicyclic amines) is 1. The Labute approximate surface area is 137 Å². The van der Waals surface area contributed by atoms with Gasteiger partial charge in [-0.2, -0.15) is 0 Å². The molecule has 0 spiro atoms. The number of carbonyl (C=O) groups is 2. The van der Waals surface area contributed by atoms with Crippen LogP contribution < -0.4 is 5.32 Å². The zero-order valence-corrected chi connectivity index (χ0v) is 13.9. The van der Waals surface area contributed by atoms with Crippen molar-refractivity contribution in [2.24, 2.45) is 0 Å². The summed E-state index contributed by atoms with van der Waals surface area (Å²) in [5, 5.41) is 13.2. The summed E-state index contributed by atoms with van der Waals surface area (Å²) in [6.45, 7) is 4.34. The van der Waals surface area contributed by atoms with Crippen molar-refractivity contribution in [2.45, 2.75) is 57.7 Å². The molecule has 2 N–H and O–H groups in total. The molecule has 1 aliphatic heterocycles. The average molecular weight is 318 g/mol. The first-order chi connectivity index (χ1) is 11.0. The van der Waals surface area contributed by atoms with Gasteiger partial charge in [-0.3, -0.25) is 9.59 Å². The molecule has 0 saturated carbocycles. The molecule has 1 aromatic carbocycles. The van der Waals surface area contributed by atoms with E-state index in [1.807, 2.05) is 37.3 Å². The lowest BCUT2D eigenvalue weighted by Gasteiger charge is -2.28. The Kier molecular flexibility index (Phi) is 6.16. The van der Waals surface area contributed by atoms with Crippen molar-refractivity contribution in [1.29, 1.82) is 0 Å². The van der Waals surface area contributed by atoms with Crippen molar-refractivity contribution >= 4 is 11.8 Å². The van der Waals surface area contributed by atoms with Gasteiger partial charge < -0.3 is 15.3 Å². The van der Waals surface area contributed by atoms with Crippen LogP contribution >= 0.6 is 0 Å². The molecule has 126 valence electrons. The number of amides is 2. The summed E-state index contributed by atoms with van der Waals surface area (Å²) in [6, 6.07) is 8.89. The van der Waals surface area contributed by atoms with Crippen LogP contribution in [0.25, 0.3) is 0 Å². The Balaban J connectivity index is 1.91. The summed E-state index contributed by atoms with van der Waals surface area (Å²) in [5.74, 6) is -0.133. The molecule has 2 rings (SSSR count). The van der Waals surface area contributed by atoms with Crippen LogP contribution in [0.5, 0.6) is 0 Å². The van der Waals surface area contributed by atoms with Gasteiger partial charge in [0.15, 0.2) is 0 Å². The van der Waals surface area contributed by atoms with Crippen LogP contribution in [-0.2, 0) is 16.0 Å². The standard InChI is InChI=1S/C18H26N2O3/c1-3-15(20-11-7-10-17(20)22)18(23)19-13(2)16(21)12-14-8-5-4-6-9-14/h4-6,8-9,13,15-16,21H,3,7,10-12H2,1-2H3,(H,19,23). The Bertz CT molecular complexity index is 532. The van der Waals surface area contributed by atoms with E-state index < -0.39 is 12.1 Å². The maximum absolute atomic E-state index is 12.5. The third-order valence-corrected chi connectivity index (χ3v) is 4.41. The van der Waals surface area contributed by atoms with E-state index in [0.717, 1.165) is 12.0 Å². The second-order valence-corrected chi connectivity index (χ2v) is 6.17. The quantitative estimate of drug-likeness (QED) is 0.800. The number of hydrogen-bond acceptors (Lipinski definition) is 3. The van der Waals surface area contributed by atoms with Gasteiger partial charge in [0.1, 0.15) is 6.04 Å². The summed E-state index contributed by atoms with van der Waals surface area (Å²) in [6.07, 6.45) is 1.75. The lowest BCUT2D eigenvalue weighted by molar-refractivity contribution is -0.138. The van der Waals surface area contributed by atoms with Gasteiger partial charge in [0.05, 0.1) is 12.1 Å². The number of benzene rings is 1. The number of hydrogen-bond donors (Lipinski definition) is 2. The van der Waals surface area contributed by atoms with Crippen molar-refractivity contribution < 1.29 is 14.7 Å². The highest BCUT2D eigenvalue weighted by Crippen LogP contribution is 2.16. The number of rotatable bonds is 7. The third kappa shape index (κ3) is 4.55. The minimum atomic E-state index is -0.659. The van der Waals surface area contributed by atoms with Crippen LogP contribution in [0.4, 0.5) is 0 Å². The van der Waals surface area contributed by atoms with Crippen LogP contribution in [0.1, 0.15) is 38.7 Å². The maximum atomic E-state index is 12.5. The topological polar surface area (TPSA) is 69.6 Å². The molecule has 0 aromatic heterocycles. The zero-order valence-electron chi connectivity index (χ0n) is 13.9. The van der Waals surface area contributed by atoms with Crippen molar-refractivity contribution in [1.82, 2.24) is 10.2 Å². The summed E-state index contributed by atoms with van der Waals surface area (Å²) < 4.78 is 0. The minimum Gasteiger partial charge on any atom is -0.391 e. The fraction of sp³-hybridized carbons (Fsp3) is 0.556. The Morgan fingerprint density at radius 2 is 2.04 bits per heavy atom. The highest BCUT2D eigenvalue weighted by molar-refractivity contribution is 5.88. The summed E-state index contributed by atoms with van der Waals surface area (Å²) in [5.41, 5.74) is 1.03. The SMILES string of the molecule is CCC(C(=O)NC(C)C(O)Cc1ccccc1)N1CCCC1=O. The van der Waals surface area contributed by atoms with Crippen LogP contribution in [0.3, 0.4) is 0 Å². The molecule has 0 bridgehead atoms. The number of aliphatic hydroxyl groups is 1. The van der Waals surface area contributed by atoms with E-state index in [2.05, 4.69) is 5.32 Å². The van der Waals surface area contributed by atoms with Gasteiger partial charge in [-0.1, -0.05) is 37.3 Å². The summed E-state index contributed by atoms with van der Waals surface area (Å²) in [4.78, 5) is 26.0. The molecule has 2 amide bonds. The molecule has 0 aliphatic carbocycles. The maximum Gasteiger partial charge on any atom is 0.243 e. The highest BCUT2D eigenvalue weighted by Gasteiger charge is 2.32. The Hall–Kier alpha value is -1.88. The van der Waals surface area contributed by atoms with Crippen molar-refractivity contribution in [3.63, 3.8) is 0 Å². The summed E-state index contributed by atoms with van der Waals surface area (Å²) >= 11 is 0. The molecular formula is C18H26N2O3. The summed E-state index contributed by atoms with van der Waals surface area (Å²) in [7, 11) is 0. The molecule has 1 heterocycles. The first-order valence-electron chi connectivity index (χ1n) is 8.34.